The van der Waals surface area contributed by atoms with Gasteiger partial charge in [-0.2, -0.15) is 0 Å². The summed E-state index contributed by atoms with van der Waals surface area (Å²) in [5.41, 5.74) is -3.18. The number of nitrogens with zero attached hydrogens (tertiary/aromatic N) is 1. The number of halogens is 2. The number of benzene rings is 1. The highest BCUT2D eigenvalue weighted by Gasteiger charge is 2.21. The summed E-state index contributed by atoms with van der Waals surface area (Å²) in [6.07, 6.45) is 1.03. The third-order valence-electron chi connectivity index (χ3n) is 3.29. The minimum Gasteiger partial charge on any atom is -0.477 e. The van der Waals surface area contributed by atoms with Crippen LogP contribution >= 0.6 is 0 Å². The van der Waals surface area contributed by atoms with Gasteiger partial charge in [0.2, 0.25) is 0 Å². The van der Waals surface area contributed by atoms with E-state index in [1.165, 1.54) is 0 Å². The number of carboxylic acid groups (broad SMARTS) is 1. The predicted octanol–water partition coefficient (Wildman–Crippen LogP) is 2.83. The van der Waals surface area contributed by atoms with Crippen molar-refractivity contribution in [2.24, 2.45) is 0 Å². The van der Waals surface area contributed by atoms with Gasteiger partial charge in [0.25, 0.3) is 5.56 Å². The molecule has 0 atom stereocenters. The molecule has 26 heavy (non-hydrogen) atoms. The van der Waals surface area contributed by atoms with E-state index >= 15 is 0 Å². The Bertz CT molecular complexity index is 908. The summed E-state index contributed by atoms with van der Waals surface area (Å²) < 4.78 is 33.9. The number of carboxylic acids is 1. The summed E-state index contributed by atoms with van der Waals surface area (Å²) >= 11 is 0. The molecule has 8 heteroatoms. The smallest absolute Gasteiger partial charge is 0.341 e. The third-order valence-corrected chi connectivity index (χ3v) is 3.29. The maximum Gasteiger partial charge on any atom is 0.341 e. The number of rotatable bonds is 4. The molecule has 0 bridgehead atoms. The molecule has 0 fully saturated rings. The zero-order valence-electron chi connectivity index (χ0n) is 14.4. The number of hydrogen-bond acceptors (Lipinski definition) is 4. The number of carbonyl (C=O) groups excluding carboxylic acids is 1. The van der Waals surface area contributed by atoms with E-state index in [0.717, 1.165) is 35.0 Å². The van der Waals surface area contributed by atoms with Gasteiger partial charge in [-0.05, 0) is 39.0 Å². The van der Waals surface area contributed by atoms with E-state index in [1.54, 1.807) is 20.8 Å². The SMILES string of the molecule is CC(C)(C)OC(=O)Cn1cc(-c2c(F)cccc2F)cc(C(=O)O)c1=O. The molecule has 0 aliphatic carbocycles. The fourth-order valence-corrected chi connectivity index (χ4v) is 2.33. The second-order valence-corrected chi connectivity index (χ2v) is 6.56. The Labute approximate surface area is 147 Å². The van der Waals surface area contributed by atoms with Crippen LogP contribution in [0.3, 0.4) is 0 Å². The molecule has 0 amide bonds. The lowest BCUT2D eigenvalue weighted by molar-refractivity contribution is -0.155. The van der Waals surface area contributed by atoms with Crippen LogP contribution in [0.25, 0.3) is 11.1 Å². The van der Waals surface area contributed by atoms with Gasteiger partial charge in [-0.15, -0.1) is 0 Å². The van der Waals surface area contributed by atoms with E-state index in [4.69, 9.17) is 4.74 Å². The highest BCUT2D eigenvalue weighted by molar-refractivity contribution is 5.89. The van der Waals surface area contributed by atoms with Gasteiger partial charge in [0, 0.05) is 11.8 Å². The molecular weight excluding hydrogens is 348 g/mol. The van der Waals surface area contributed by atoms with Crippen molar-refractivity contribution in [2.75, 3.05) is 0 Å². The minimum absolute atomic E-state index is 0.179. The second-order valence-electron chi connectivity index (χ2n) is 6.56. The fraction of sp³-hybridized carbons (Fsp3) is 0.278. The lowest BCUT2D eigenvalue weighted by Gasteiger charge is -2.20. The van der Waals surface area contributed by atoms with Gasteiger partial charge >= 0.3 is 11.9 Å². The van der Waals surface area contributed by atoms with E-state index < -0.39 is 52.4 Å². The van der Waals surface area contributed by atoms with Crippen LogP contribution in [0.5, 0.6) is 0 Å². The molecule has 1 aromatic heterocycles. The van der Waals surface area contributed by atoms with Crippen LogP contribution in [0.15, 0.2) is 35.3 Å². The number of ether oxygens (including phenoxy) is 1. The molecule has 6 nitrogen and oxygen atoms in total. The van der Waals surface area contributed by atoms with Crippen LogP contribution in [0.2, 0.25) is 0 Å². The summed E-state index contributed by atoms with van der Waals surface area (Å²) in [5.74, 6) is -4.22. The molecule has 1 heterocycles. The average Bonchev–Trinajstić information content (AvgIpc) is 2.47. The van der Waals surface area contributed by atoms with E-state index in [-0.39, 0.29) is 5.56 Å². The Morgan fingerprint density at radius 2 is 1.77 bits per heavy atom. The first-order valence-corrected chi connectivity index (χ1v) is 7.63. The van der Waals surface area contributed by atoms with E-state index in [1.807, 2.05) is 0 Å². The van der Waals surface area contributed by atoms with Crippen LogP contribution in [0, 0.1) is 11.6 Å². The fourth-order valence-electron chi connectivity index (χ4n) is 2.33. The zero-order chi connectivity index (χ0) is 19.6. The molecule has 0 saturated carbocycles. The summed E-state index contributed by atoms with van der Waals surface area (Å²) in [6, 6.07) is 4.03. The number of carbonyl (C=O) groups is 2. The largest absolute Gasteiger partial charge is 0.477 e. The normalized spacial score (nSPS) is 11.3. The number of pyridine rings is 1. The van der Waals surface area contributed by atoms with Crippen molar-refractivity contribution in [2.45, 2.75) is 32.9 Å². The molecule has 1 aromatic carbocycles. The molecule has 2 rings (SSSR count). The van der Waals surface area contributed by atoms with E-state index in [2.05, 4.69) is 0 Å². The monoisotopic (exact) mass is 365 g/mol. The Kier molecular flexibility index (Phi) is 5.25. The maximum atomic E-state index is 14.0. The first-order chi connectivity index (χ1) is 12.0. The zero-order valence-corrected chi connectivity index (χ0v) is 14.4. The number of aromatic carboxylic acids is 1. The maximum absolute atomic E-state index is 14.0. The molecule has 0 saturated heterocycles. The molecule has 0 aliphatic heterocycles. The van der Waals surface area contributed by atoms with Crippen molar-refractivity contribution in [1.29, 1.82) is 0 Å². The van der Waals surface area contributed by atoms with Crippen molar-refractivity contribution in [1.82, 2.24) is 4.57 Å². The Morgan fingerprint density at radius 3 is 2.27 bits per heavy atom. The molecule has 0 spiro atoms. The Hall–Kier alpha value is -3.03. The van der Waals surface area contributed by atoms with Crippen LogP contribution in [-0.4, -0.2) is 27.2 Å². The van der Waals surface area contributed by atoms with Crippen LogP contribution in [-0.2, 0) is 16.1 Å². The highest BCUT2D eigenvalue weighted by Crippen LogP contribution is 2.26. The Morgan fingerprint density at radius 1 is 1.19 bits per heavy atom. The first kappa shape index (κ1) is 19.3. The van der Waals surface area contributed by atoms with Crippen molar-refractivity contribution >= 4 is 11.9 Å². The predicted molar refractivity (Wildman–Crippen MR) is 88.9 cm³/mol. The molecule has 0 radical (unpaired) electrons. The quantitative estimate of drug-likeness (QED) is 0.842. The van der Waals surface area contributed by atoms with Crippen LogP contribution in [0.1, 0.15) is 31.1 Å². The molecule has 2 aromatic rings. The van der Waals surface area contributed by atoms with Gasteiger partial charge in [0.1, 0.15) is 29.3 Å². The number of esters is 1. The van der Waals surface area contributed by atoms with Crippen molar-refractivity contribution in [3.63, 3.8) is 0 Å². The number of aromatic nitrogens is 1. The van der Waals surface area contributed by atoms with Gasteiger partial charge in [0.15, 0.2) is 0 Å². The summed E-state index contributed by atoms with van der Waals surface area (Å²) in [7, 11) is 0. The van der Waals surface area contributed by atoms with Gasteiger partial charge < -0.3 is 14.4 Å². The van der Waals surface area contributed by atoms with Gasteiger partial charge in [-0.1, -0.05) is 6.07 Å². The minimum atomic E-state index is -1.58. The number of hydrogen-bond donors (Lipinski definition) is 1. The molecule has 1 N–H and O–H groups in total. The molecular formula is C18H17F2NO5. The summed E-state index contributed by atoms with van der Waals surface area (Å²) in [4.78, 5) is 35.5. The Balaban J connectivity index is 2.59. The van der Waals surface area contributed by atoms with Crippen molar-refractivity contribution in [3.8, 4) is 11.1 Å². The van der Waals surface area contributed by atoms with E-state index in [0.29, 0.717) is 0 Å². The lowest BCUT2D eigenvalue weighted by Crippen LogP contribution is -2.32. The highest BCUT2D eigenvalue weighted by atomic mass is 19.1. The average molecular weight is 365 g/mol. The van der Waals surface area contributed by atoms with Crippen LogP contribution < -0.4 is 5.56 Å². The second kappa shape index (κ2) is 7.07. The summed E-state index contributed by atoms with van der Waals surface area (Å²) in [5, 5.41) is 9.20. The van der Waals surface area contributed by atoms with Gasteiger partial charge in [-0.3, -0.25) is 9.59 Å². The molecule has 0 aliphatic rings. The summed E-state index contributed by atoms with van der Waals surface area (Å²) in [6.45, 7) is 4.28. The van der Waals surface area contributed by atoms with Gasteiger partial charge in [-0.25, -0.2) is 13.6 Å². The third kappa shape index (κ3) is 4.33. The molecule has 0 unspecified atom stereocenters. The van der Waals surface area contributed by atoms with Crippen LogP contribution in [0.4, 0.5) is 8.78 Å². The first-order valence-electron chi connectivity index (χ1n) is 7.63. The topological polar surface area (TPSA) is 85.6 Å². The standard InChI is InChI=1S/C18H17F2NO5/c1-18(2,3)26-14(22)9-21-8-10(7-11(16(21)23)17(24)25)15-12(19)5-4-6-13(15)20/h4-8H,9H2,1-3H3,(H,24,25). The van der Waals surface area contributed by atoms with Crippen molar-refractivity contribution < 1.29 is 28.2 Å². The van der Waals surface area contributed by atoms with Crippen molar-refractivity contribution in [3.05, 3.63) is 58.0 Å². The lowest BCUT2D eigenvalue weighted by atomic mass is 10.0. The molecule has 138 valence electrons. The van der Waals surface area contributed by atoms with E-state index in [9.17, 15) is 28.3 Å². The van der Waals surface area contributed by atoms with Gasteiger partial charge in [0.05, 0.1) is 5.56 Å².